The first-order valence-electron chi connectivity index (χ1n) is 7.79. The predicted molar refractivity (Wildman–Crippen MR) is 83.3 cm³/mol. The van der Waals surface area contributed by atoms with Crippen molar-refractivity contribution in [3.05, 3.63) is 18.2 Å². The van der Waals surface area contributed by atoms with Gasteiger partial charge in [-0.15, -0.1) is 0 Å². The Balaban J connectivity index is 1.67. The number of nitrogen functional groups attached to an aromatic ring is 1. The molecule has 0 radical (unpaired) electrons. The Bertz CT molecular complexity index is 463. The third-order valence-electron chi connectivity index (χ3n) is 4.55. The van der Waals surface area contributed by atoms with Crippen molar-refractivity contribution in [2.24, 2.45) is 0 Å². The Labute approximate surface area is 121 Å². The number of nitrogens with zero attached hydrogens (tertiary/aromatic N) is 1. The summed E-state index contributed by atoms with van der Waals surface area (Å²) >= 11 is 0. The average Bonchev–Trinajstić information content (AvgIpc) is 2.91. The summed E-state index contributed by atoms with van der Waals surface area (Å²) in [7, 11) is 0. The van der Waals surface area contributed by atoms with E-state index < -0.39 is 0 Å². The van der Waals surface area contributed by atoms with Gasteiger partial charge in [0.25, 0.3) is 0 Å². The van der Waals surface area contributed by atoms with Crippen LogP contribution < -0.4 is 15.8 Å². The van der Waals surface area contributed by atoms with Gasteiger partial charge in [0, 0.05) is 18.6 Å². The van der Waals surface area contributed by atoms with Gasteiger partial charge in [0.05, 0.1) is 18.0 Å². The molecule has 0 aromatic heterocycles. The summed E-state index contributed by atoms with van der Waals surface area (Å²) < 4.78 is 5.56. The lowest BCUT2D eigenvalue weighted by atomic mass is 9.97. The Morgan fingerprint density at radius 2 is 2.25 bits per heavy atom. The molecular formula is C16H25N3O. The summed E-state index contributed by atoms with van der Waals surface area (Å²) in [6.45, 7) is 5.14. The van der Waals surface area contributed by atoms with E-state index in [1.807, 2.05) is 19.1 Å². The van der Waals surface area contributed by atoms with Crippen LogP contribution in [0.15, 0.2) is 18.2 Å². The number of benzene rings is 1. The van der Waals surface area contributed by atoms with Crippen LogP contribution >= 0.6 is 0 Å². The molecule has 0 amide bonds. The van der Waals surface area contributed by atoms with Gasteiger partial charge in [-0.1, -0.05) is 6.07 Å². The van der Waals surface area contributed by atoms with Crippen LogP contribution in [-0.2, 0) is 0 Å². The Morgan fingerprint density at radius 1 is 1.35 bits per heavy atom. The molecule has 0 saturated carbocycles. The van der Waals surface area contributed by atoms with Crippen LogP contribution in [0.5, 0.6) is 5.75 Å². The Kier molecular flexibility index (Phi) is 4.01. The summed E-state index contributed by atoms with van der Waals surface area (Å²) in [4.78, 5) is 2.64. The molecule has 2 aliphatic heterocycles. The fraction of sp³-hybridized carbons (Fsp3) is 0.625. The monoisotopic (exact) mass is 275 g/mol. The molecule has 1 aromatic rings. The minimum absolute atomic E-state index is 0.536. The number of hydrogen-bond donors (Lipinski definition) is 2. The zero-order chi connectivity index (χ0) is 13.9. The van der Waals surface area contributed by atoms with E-state index >= 15 is 0 Å². The fourth-order valence-electron chi connectivity index (χ4n) is 3.53. The number of anilines is 2. The van der Waals surface area contributed by atoms with Crippen LogP contribution in [-0.4, -0.2) is 36.7 Å². The second-order valence-corrected chi connectivity index (χ2v) is 5.85. The molecule has 110 valence electrons. The first kappa shape index (κ1) is 13.6. The molecule has 2 unspecified atom stereocenters. The van der Waals surface area contributed by atoms with E-state index in [1.165, 1.54) is 38.8 Å². The van der Waals surface area contributed by atoms with Crippen molar-refractivity contribution in [2.75, 3.05) is 30.7 Å². The van der Waals surface area contributed by atoms with E-state index in [4.69, 9.17) is 10.5 Å². The van der Waals surface area contributed by atoms with E-state index in [2.05, 4.69) is 16.3 Å². The molecule has 4 heteroatoms. The zero-order valence-corrected chi connectivity index (χ0v) is 12.3. The molecule has 0 bridgehead atoms. The van der Waals surface area contributed by atoms with E-state index in [0.717, 1.165) is 23.2 Å². The minimum Gasteiger partial charge on any atom is -0.492 e. The maximum Gasteiger partial charge on any atom is 0.144 e. The summed E-state index contributed by atoms with van der Waals surface area (Å²) in [5.74, 6) is 0.788. The molecular weight excluding hydrogens is 250 g/mol. The molecule has 2 atom stereocenters. The summed E-state index contributed by atoms with van der Waals surface area (Å²) in [6.07, 6.45) is 5.15. The molecule has 4 nitrogen and oxygen atoms in total. The second kappa shape index (κ2) is 5.92. The number of rotatable bonds is 4. The Morgan fingerprint density at radius 3 is 3.10 bits per heavy atom. The molecule has 2 fully saturated rings. The van der Waals surface area contributed by atoms with Gasteiger partial charge in [0.15, 0.2) is 0 Å². The van der Waals surface area contributed by atoms with Crippen molar-refractivity contribution in [1.29, 1.82) is 0 Å². The highest BCUT2D eigenvalue weighted by molar-refractivity contribution is 5.73. The van der Waals surface area contributed by atoms with Crippen molar-refractivity contribution in [3.8, 4) is 5.75 Å². The SMILES string of the molecule is CCOc1cccc(NC2CCN3CCCC3C2)c1N. The number of nitrogens with one attached hydrogen (secondary N) is 1. The predicted octanol–water partition coefficient (Wildman–Crippen LogP) is 2.71. The van der Waals surface area contributed by atoms with Crippen molar-refractivity contribution in [2.45, 2.75) is 44.7 Å². The molecule has 2 saturated heterocycles. The maximum absolute atomic E-state index is 6.20. The fourth-order valence-corrected chi connectivity index (χ4v) is 3.53. The highest BCUT2D eigenvalue weighted by Gasteiger charge is 2.31. The molecule has 1 aromatic carbocycles. The molecule has 20 heavy (non-hydrogen) atoms. The molecule has 2 heterocycles. The van der Waals surface area contributed by atoms with Crippen LogP contribution in [0.3, 0.4) is 0 Å². The van der Waals surface area contributed by atoms with Gasteiger partial charge in [-0.2, -0.15) is 0 Å². The highest BCUT2D eigenvalue weighted by Crippen LogP contribution is 2.33. The number of nitrogens with two attached hydrogens (primary N) is 1. The van der Waals surface area contributed by atoms with Crippen molar-refractivity contribution >= 4 is 11.4 Å². The zero-order valence-electron chi connectivity index (χ0n) is 12.3. The van der Waals surface area contributed by atoms with Crippen LogP contribution in [0.1, 0.15) is 32.6 Å². The molecule has 0 aliphatic carbocycles. The first-order chi connectivity index (χ1) is 9.78. The van der Waals surface area contributed by atoms with E-state index in [0.29, 0.717) is 12.6 Å². The lowest BCUT2D eigenvalue weighted by Crippen LogP contribution is -2.42. The van der Waals surface area contributed by atoms with Gasteiger partial charge in [0.1, 0.15) is 5.75 Å². The number of ether oxygens (including phenoxy) is 1. The lowest BCUT2D eigenvalue weighted by molar-refractivity contribution is 0.188. The first-order valence-corrected chi connectivity index (χ1v) is 7.79. The van der Waals surface area contributed by atoms with Gasteiger partial charge in [-0.25, -0.2) is 0 Å². The summed E-state index contributed by atoms with van der Waals surface area (Å²) in [6, 6.07) is 7.31. The second-order valence-electron chi connectivity index (χ2n) is 5.85. The molecule has 3 rings (SSSR count). The number of para-hydroxylation sites is 1. The lowest BCUT2D eigenvalue weighted by Gasteiger charge is -2.35. The normalized spacial score (nSPS) is 26.2. The highest BCUT2D eigenvalue weighted by atomic mass is 16.5. The number of fused-ring (bicyclic) bond motifs is 1. The Hall–Kier alpha value is -1.42. The topological polar surface area (TPSA) is 50.5 Å². The third kappa shape index (κ3) is 2.70. The molecule has 3 N–H and O–H groups in total. The van der Waals surface area contributed by atoms with Gasteiger partial charge in [0.2, 0.25) is 0 Å². The smallest absolute Gasteiger partial charge is 0.144 e. The van der Waals surface area contributed by atoms with Crippen LogP contribution in [0.2, 0.25) is 0 Å². The summed E-state index contributed by atoms with van der Waals surface area (Å²) in [5, 5.41) is 3.63. The van der Waals surface area contributed by atoms with E-state index in [1.54, 1.807) is 0 Å². The average molecular weight is 275 g/mol. The summed E-state index contributed by atoms with van der Waals surface area (Å²) in [5.41, 5.74) is 7.96. The van der Waals surface area contributed by atoms with Crippen LogP contribution in [0, 0.1) is 0 Å². The van der Waals surface area contributed by atoms with E-state index in [9.17, 15) is 0 Å². The van der Waals surface area contributed by atoms with Crippen LogP contribution in [0.25, 0.3) is 0 Å². The largest absolute Gasteiger partial charge is 0.492 e. The van der Waals surface area contributed by atoms with Crippen LogP contribution in [0.4, 0.5) is 11.4 Å². The van der Waals surface area contributed by atoms with E-state index in [-0.39, 0.29) is 0 Å². The van der Waals surface area contributed by atoms with Crippen molar-refractivity contribution < 1.29 is 4.74 Å². The van der Waals surface area contributed by atoms with Gasteiger partial charge >= 0.3 is 0 Å². The maximum atomic E-state index is 6.20. The molecule has 2 aliphatic rings. The van der Waals surface area contributed by atoms with Gasteiger partial charge in [-0.05, 0) is 51.3 Å². The minimum atomic E-state index is 0.536. The standard InChI is InChI=1S/C16H25N3O/c1-2-20-15-7-3-6-14(16(15)17)18-12-8-10-19-9-4-5-13(19)11-12/h3,6-7,12-13,18H,2,4-5,8-11,17H2,1H3. The van der Waals surface area contributed by atoms with Crippen molar-refractivity contribution in [3.63, 3.8) is 0 Å². The van der Waals surface area contributed by atoms with Gasteiger partial charge < -0.3 is 20.7 Å². The quantitative estimate of drug-likeness (QED) is 0.830. The van der Waals surface area contributed by atoms with Crippen molar-refractivity contribution in [1.82, 2.24) is 4.90 Å². The third-order valence-corrected chi connectivity index (χ3v) is 4.55. The number of hydrogen-bond acceptors (Lipinski definition) is 4. The van der Waals surface area contributed by atoms with Gasteiger partial charge in [-0.3, -0.25) is 0 Å². The number of piperidine rings is 1. The molecule has 0 spiro atoms.